The molecule has 2 N–H and O–H groups in total. The summed E-state index contributed by atoms with van der Waals surface area (Å²) < 4.78 is 5.52. The quantitative estimate of drug-likeness (QED) is 0.503. The number of nitrogens with zero attached hydrogens (tertiary/aromatic N) is 2. The molecule has 0 aliphatic carbocycles. The summed E-state index contributed by atoms with van der Waals surface area (Å²) in [7, 11) is 0. The van der Waals surface area contributed by atoms with Crippen LogP contribution in [0.25, 0.3) is 0 Å². The number of hydrogen-bond acceptors (Lipinski definition) is 4. The molecule has 0 amide bonds. The number of hydrogen-bond donors (Lipinski definition) is 2. The highest BCUT2D eigenvalue weighted by atomic mass is 35.5. The Labute approximate surface area is 125 Å². The predicted molar refractivity (Wildman–Crippen MR) is 78.1 cm³/mol. The van der Waals surface area contributed by atoms with E-state index in [1.807, 2.05) is 5.48 Å². The van der Waals surface area contributed by atoms with E-state index < -0.39 is 0 Å². The molecule has 0 spiro atoms. The topological polar surface area (TPSA) is 66.7 Å². The Morgan fingerprint density at radius 1 is 1.30 bits per heavy atom. The van der Waals surface area contributed by atoms with Crippen LogP contribution in [0.1, 0.15) is 5.56 Å². The maximum atomic E-state index is 8.37. The molecule has 0 aliphatic heterocycles. The molecular formula is C13H11Cl2N3O2. The second-order valence-corrected chi connectivity index (χ2v) is 4.61. The first-order chi connectivity index (χ1) is 9.69. The Morgan fingerprint density at radius 2 is 2.15 bits per heavy atom. The molecule has 0 saturated heterocycles. The summed E-state index contributed by atoms with van der Waals surface area (Å²) in [5, 5.41) is 9.50. The molecule has 0 atom stereocenters. The Bertz CT molecular complexity index is 603. The fourth-order valence-electron chi connectivity index (χ4n) is 1.43. The van der Waals surface area contributed by atoms with E-state index in [-0.39, 0.29) is 0 Å². The van der Waals surface area contributed by atoms with Gasteiger partial charge >= 0.3 is 0 Å². The molecule has 1 aromatic heterocycles. The van der Waals surface area contributed by atoms with Gasteiger partial charge in [-0.3, -0.25) is 10.7 Å². The van der Waals surface area contributed by atoms with Crippen molar-refractivity contribution in [2.24, 2.45) is 4.99 Å². The van der Waals surface area contributed by atoms with Crippen LogP contribution in [0.2, 0.25) is 10.0 Å². The van der Waals surface area contributed by atoms with Crippen molar-refractivity contribution in [3.8, 4) is 5.88 Å². The monoisotopic (exact) mass is 311 g/mol. The van der Waals surface area contributed by atoms with Gasteiger partial charge in [-0.15, -0.1) is 0 Å². The largest absolute Gasteiger partial charge is 0.473 e. The molecule has 1 heterocycles. The van der Waals surface area contributed by atoms with Gasteiger partial charge < -0.3 is 4.74 Å². The van der Waals surface area contributed by atoms with Crippen molar-refractivity contribution in [3.63, 3.8) is 0 Å². The summed E-state index contributed by atoms with van der Waals surface area (Å²) in [6.45, 7) is 0.295. The Kier molecular flexibility index (Phi) is 5.17. The van der Waals surface area contributed by atoms with Gasteiger partial charge in [-0.2, -0.15) is 0 Å². The van der Waals surface area contributed by atoms with Gasteiger partial charge in [0, 0.05) is 21.7 Å². The Morgan fingerprint density at radius 3 is 2.80 bits per heavy atom. The molecule has 7 heteroatoms. The highest BCUT2D eigenvalue weighted by Gasteiger charge is 2.03. The highest BCUT2D eigenvalue weighted by Crippen LogP contribution is 2.22. The van der Waals surface area contributed by atoms with Gasteiger partial charge in [0.2, 0.25) is 5.88 Å². The van der Waals surface area contributed by atoms with Gasteiger partial charge in [0.1, 0.15) is 12.9 Å². The fourth-order valence-corrected chi connectivity index (χ4v) is 1.89. The SMILES string of the molecule is ONC=Nc1ccc(OCc2ccc(Cl)cc2Cl)nc1. The lowest BCUT2D eigenvalue weighted by molar-refractivity contribution is 0.240. The normalized spacial score (nSPS) is 10.8. The molecule has 1 aromatic carbocycles. The minimum atomic E-state index is 0.295. The summed E-state index contributed by atoms with van der Waals surface area (Å²) in [5.74, 6) is 0.451. The van der Waals surface area contributed by atoms with Crippen LogP contribution in [0, 0.1) is 0 Å². The van der Waals surface area contributed by atoms with Crippen molar-refractivity contribution in [3.05, 3.63) is 52.1 Å². The van der Waals surface area contributed by atoms with Crippen molar-refractivity contribution < 1.29 is 9.94 Å². The Hall–Kier alpha value is -1.82. The lowest BCUT2D eigenvalue weighted by Crippen LogP contribution is -2.01. The number of pyridine rings is 1. The van der Waals surface area contributed by atoms with E-state index in [1.165, 1.54) is 6.20 Å². The highest BCUT2D eigenvalue weighted by molar-refractivity contribution is 6.35. The average Bonchev–Trinajstić information content (AvgIpc) is 2.45. The molecule has 0 saturated carbocycles. The summed E-state index contributed by atoms with van der Waals surface area (Å²) in [4.78, 5) is 7.95. The van der Waals surface area contributed by atoms with Crippen molar-refractivity contribution in [1.29, 1.82) is 0 Å². The number of rotatable bonds is 5. The minimum Gasteiger partial charge on any atom is -0.473 e. The zero-order valence-electron chi connectivity index (χ0n) is 10.3. The van der Waals surface area contributed by atoms with E-state index in [9.17, 15) is 0 Å². The van der Waals surface area contributed by atoms with Crippen LogP contribution < -0.4 is 10.2 Å². The molecule has 5 nitrogen and oxygen atoms in total. The number of aliphatic imine (C=N–C) groups is 1. The zero-order chi connectivity index (χ0) is 14.4. The van der Waals surface area contributed by atoms with E-state index >= 15 is 0 Å². The van der Waals surface area contributed by atoms with Crippen LogP contribution in [0.4, 0.5) is 5.69 Å². The van der Waals surface area contributed by atoms with Gasteiger partial charge in [0.25, 0.3) is 0 Å². The van der Waals surface area contributed by atoms with Crippen LogP contribution >= 0.6 is 23.2 Å². The lowest BCUT2D eigenvalue weighted by Gasteiger charge is -2.07. The van der Waals surface area contributed by atoms with Gasteiger partial charge in [-0.1, -0.05) is 29.3 Å². The predicted octanol–water partition coefficient (Wildman–Crippen LogP) is 3.61. The van der Waals surface area contributed by atoms with Crippen LogP contribution in [0.15, 0.2) is 41.5 Å². The van der Waals surface area contributed by atoms with Crippen LogP contribution in [-0.2, 0) is 6.61 Å². The smallest absolute Gasteiger partial charge is 0.213 e. The second kappa shape index (κ2) is 7.09. The molecule has 20 heavy (non-hydrogen) atoms. The molecule has 0 unspecified atom stereocenters. The van der Waals surface area contributed by atoms with E-state index in [1.54, 1.807) is 30.3 Å². The molecule has 2 aromatic rings. The minimum absolute atomic E-state index is 0.295. The molecule has 2 rings (SSSR count). The number of benzene rings is 1. The number of aromatic nitrogens is 1. The number of halogens is 2. The second-order valence-electron chi connectivity index (χ2n) is 3.77. The first-order valence-electron chi connectivity index (χ1n) is 5.64. The van der Waals surface area contributed by atoms with Crippen molar-refractivity contribution in [1.82, 2.24) is 10.5 Å². The summed E-state index contributed by atoms with van der Waals surface area (Å²) in [6.07, 6.45) is 2.66. The van der Waals surface area contributed by atoms with Gasteiger partial charge in [0.15, 0.2) is 0 Å². The third kappa shape index (κ3) is 4.09. The average molecular weight is 312 g/mol. The maximum absolute atomic E-state index is 8.37. The van der Waals surface area contributed by atoms with E-state index in [2.05, 4.69) is 9.98 Å². The van der Waals surface area contributed by atoms with E-state index in [0.717, 1.165) is 11.9 Å². The lowest BCUT2D eigenvalue weighted by atomic mass is 10.2. The number of hydroxylamine groups is 1. The van der Waals surface area contributed by atoms with Gasteiger partial charge in [0.05, 0.1) is 11.9 Å². The van der Waals surface area contributed by atoms with E-state index in [4.69, 9.17) is 33.1 Å². The van der Waals surface area contributed by atoms with Crippen LogP contribution in [0.5, 0.6) is 5.88 Å². The molecule has 0 bridgehead atoms. The van der Waals surface area contributed by atoms with Gasteiger partial charge in [-0.25, -0.2) is 9.98 Å². The first-order valence-corrected chi connectivity index (χ1v) is 6.39. The zero-order valence-corrected chi connectivity index (χ0v) is 11.8. The molecule has 0 radical (unpaired) electrons. The Balaban J connectivity index is 1.98. The van der Waals surface area contributed by atoms with Crippen molar-refractivity contribution in [2.75, 3.05) is 0 Å². The van der Waals surface area contributed by atoms with Crippen molar-refractivity contribution >= 4 is 35.2 Å². The summed E-state index contributed by atoms with van der Waals surface area (Å²) in [5.41, 5.74) is 3.22. The third-order valence-electron chi connectivity index (χ3n) is 2.38. The first kappa shape index (κ1) is 14.6. The summed E-state index contributed by atoms with van der Waals surface area (Å²) in [6, 6.07) is 8.60. The molecule has 0 fully saturated rings. The fraction of sp³-hybridized carbons (Fsp3) is 0.0769. The van der Waals surface area contributed by atoms with E-state index in [0.29, 0.717) is 28.2 Å². The van der Waals surface area contributed by atoms with Gasteiger partial charge in [-0.05, 0) is 18.2 Å². The van der Waals surface area contributed by atoms with Crippen LogP contribution in [-0.4, -0.2) is 16.5 Å². The van der Waals surface area contributed by atoms with Crippen LogP contribution in [0.3, 0.4) is 0 Å². The maximum Gasteiger partial charge on any atom is 0.213 e. The number of nitrogens with one attached hydrogen (secondary N) is 1. The number of ether oxygens (including phenoxy) is 1. The molecular weight excluding hydrogens is 301 g/mol. The third-order valence-corrected chi connectivity index (χ3v) is 2.97. The standard InChI is InChI=1S/C13H11Cl2N3O2/c14-10-2-1-9(12(15)5-10)7-20-13-4-3-11(6-16-13)17-8-18-19/h1-6,8,19H,7H2,(H,17,18). The van der Waals surface area contributed by atoms with Crippen molar-refractivity contribution in [2.45, 2.75) is 6.61 Å². The molecule has 0 aliphatic rings. The molecule has 104 valence electrons. The summed E-state index contributed by atoms with van der Waals surface area (Å²) >= 11 is 11.9.